The van der Waals surface area contributed by atoms with E-state index in [0.717, 1.165) is 31.9 Å². The molecule has 0 spiro atoms. The molecule has 0 aliphatic heterocycles. The molecule has 5 aromatic rings. The lowest BCUT2D eigenvalue weighted by molar-refractivity contribution is -0.145. The van der Waals surface area contributed by atoms with Gasteiger partial charge in [-0.2, -0.15) is 0 Å². The number of hydrogen-bond acceptors (Lipinski definition) is 7. The highest BCUT2D eigenvalue weighted by atomic mass is 32.1. The summed E-state index contributed by atoms with van der Waals surface area (Å²) in [4.78, 5) is 35.0. The number of carbonyl (C=O) groups is 1. The Hall–Kier alpha value is -3.36. The summed E-state index contributed by atoms with van der Waals surface area (Å²) in [6.07, 6.45) is 1.59. The second kappa shape index (κ2) is 8.64. The van der Waals surface area contributed by atoms with Gasteiger partial charge in [0.05, 0.1) is 28.4 Å². The van der Waals surface area contributed by atoms with Crippen molar-refractivity contribution in [1.82, 2.24) is 14.5 Å². The van der Waals surface area contributed by atoms with E-state index in [9.17, 15) is 9.59 Å². The molecule has 2 aromatic carbocycles. The lowest BCUT2D eigenvalue weighted by Gasteiger charge is -2.07. The minimum atomic E-state index is -0.375. The van der Waals surface area contributed by atoms with Crippen LogP contribution in [-0.4, -0.2) is 20.5 Å². The number of carbonyl (C=O) groups excluding carboxylic acids is 1. The van der Waals surface area contributed by atoms with Crippen LogP contribution in [0, 0.1) is 6.92 Å². The van der Waals surface area contributed by atoms with Gasteiger partial charge < -0.3 is 4.74 Å². The first-order valence-electron chi connectivity index (χ1n) is 10.1. The molecule has 5 rings (SSSR count). The summed E-state index contributed by atoms with van der Waals surface area (Å²) >= 11 is 2.95. The number of thiophene rings is 1. The number of fused-ring (bicyclic) bond motifs is 2. The number of esters is 1. The molecule has 0 atom stereocenters. The number of para-hydroxylation sites is 1. The van der Waals surface area contributed by atoms with Crippen molar-refractivity contribution in [2.24, 2.45) is 0 Å². The third kappa shape index (κ3) is 4.06. The number of hydrogen-bond donors (Lipinski definition) is 0. The van der Waals surface area contributed by atoms with Gasteiger partial charge in [0, 0.05) is 17.5 Å². The number of thiazole rings is 1. The predicted molar refractivity (Wildman–Crippen MR) is 128 cm³/mol. The number of rotatable bonds is 6. The van der Waals surface area contributed by atoms with Crippen LogP contribution in [0.3, 0.4) is 0 Å². The zero-order chi connectivity index (χ0) is 22.1. The van der Waals surface area contributed by atoms with E-state index in [0.29, 0.717) is 10.2 Å². The molecule has 0 saturated heterocycles. The average Bonchev–Trinajstić information content (AvgIpc) is 3.42. The van der Waals surface area contributed by atoms with Crippen molar-refractivity contribution in [3.8, 4) is 11.1 Å². The van der Waals surface area contributed by atoms with Crippen molar-refractivity contribution in [3.05, 3.63) is 81.2 Å². The zero-order valence-electron chi connectivity index (χ0n) is 17.3. The van der Waals surface area contributed by atoms with Gasteiger partial charge in [0.1, 0.15) is 16.4 Å². The van der Waals surface area contributed by atoms with E-state index in [2.05, 4.69) is 9.97 Å². The van der Waals surface area contributed by atoms with E-state index in [1.807, 2.05) is 60.8 Å². The number of nitrogens with zero attached hydrogens (tertiary/aromatic N) is 3. The molecule has 160 valence electrons. The number of ether oxygens (including phenoxy) is 1. The van der Waals surface area contributed by atoms with Crippen LogP contribution in [0.25, 0.3) is 31.6 Å². The largest absolute Gasteiger partial charge is 0.458 e. The van der Waals surface area contributed by atoms with Gasteiger partial charge in [-0.1, -0.05) is 42.0 Å². The van der Waals surface area contributed by atoms with Gasteiger partial charge in [0.25, 0.3) is 5.56 Å². The van der Waals surface area contributed by atoms with Crippen LogP contribution in [0.4, 0.5) is 0 Å². The van der Waals surface area contributed by atoms with Gasteiger partial charge in [0.15, 0.2) is 0 Å². The van der Waals surface area contributed by atoms with Crippen LogP contribution in [0.2, 0.25) is 0 Å². The van der Waals surface area contributed by atoms with E-state index < -0.39 is 0 Å². The van der Waals surface area contributed by atoms with Gasteiger partial charge in [-0.25, -0.2) is 9.97 Å². The van der Waals surface area contributed by atoms with E-state index in [1.165, 1.54) is 33.6 Å². The molecule has 0 N–H and O–H groups in total. The first kappa shape index (κ1) is 20.5. The third-order valence-electron chi connectivity index (χ3n) is 5.17. The van der Waals surface area contributed by atoms with Gasteiger partial charge in [-0.3, -0.25) is 14.2 Å². The Morgan fingerprint density at radius 2 is 1.94 bits per heavy atom. The maximum atomic E-state index is 13.1. The molecule has 8 heteroatoms. The Morgan fingerprint density at radius 3 is 2.75 bits per heavy atom. The molecule has 0 amide bonds. The predicted octanol–water partition coefficient (Wildman–Crippen LogP) is 5.18. The first-order chi connectivity index (χ1) is 15.6. The van der Waals surface area contributed by atoms with Crippen molar-refractivity contribution in [2.45, 2.75) is 26.5 Å². The SMILES string of the molecule is Cc1ccc(-c2csc3ncn(CCC(=O)OCc4nc5ccccc5s4)c(=O)c23)cc1. The zero-order valence-corrected chi connectivity index (χ0v) is 18.9. The minimum Gasteiger partial charge on any atom is -0.458 e. The molecule has 3 aromatic heterocycles. The van der Waals surface area contributed by atoms with Crippen LogP contribution < -0.4 is 5.56 Å². The standard InChI is InChI=1S/C24H19N3O3S2/c1-15-6-8-16(9-7-15)17-13-31-23-22(17)24(29)27(14-25-23)11-10-21(28)30-12-20-26-18-4-2-3-5-19(18)32-20/h2-9,13-14H,10-12H2,1H3. The summed E-state index contributed by atoms with van der Waals surface area (Å²) in [5, 5.41) is 3.30. The summed E-state index contributed by atoms with van der Waals surface area (Å²) in [7, 11) is 0. The quantitative estimate of drug-likeness (QED) is 0.326. The molecule has 0 aliphatic carbocycles. The Kier molecular flexibility index (Phi) is 5.55. The molecular formula is C24H19N3O3S2. The van der Waals surface area contributed by atoms with Crippen LogP contribution in [0.5, 0.6) is 0 Å². The fourth-order valence-corrected chi connectivity index (χ4v) is 5.27. The smallest absolute Gasteiger partial charge is 0.308 e. The minimum absolute atomic E-state index is 0.0853. The summed E-state index contributed by atoms with van der Waals surface area (Å²) < 4.78 is 7.91. The molecule has 0 aliphatic rings. The first-order valence-corrected chi connectivity index (χ1v) is 11.8. The second-order valence-electron chi connectivity index (χ2n) is 7.42. The van der Waals surface area contributed by atoms with Crippen LogP contribution >= 0.6 is 22.7 Å². The monoisotopic (exact) mass is 461 g/mol. The number of aromatic nitrogens is 3. The van der Waals surface area contributed by atoms with Crippen LogP contribution in [0.15, 0.2) is 65.0 Å². The summed E-state index contributed by atoms with van der Waals surface area (Å²) in [5.41, 5.74) is 3.76. The highest BCUT2D eigenvalue weighted by Crippen LogP contribution is 2.30. The van der Waals surface area contributed by atoms with Crippen molar-refractivity contribution in [1.29, 1.82) is 0 Å². The van der Waals surface area contributed by atoms with Gasteiger partial charge in [0.2, 0.25) is 0 Å². The molecule has 0 radical (unpaired) electrons. The average molecular weight is 462 g/mol. The second-order valence-corrected chi connectivity index (χ2v) is 9.40. The molecule has 0 fully saturated rings. The fourth-order valence-electron chi connectivity index (χ4n) is 3.48. The highest BCUT2D eigenvalue weighted by Gasteiger charge is 2.14. The van der Waals surface area contributed by atoms with Gasteiger partial charge in [-0.15, -0.1) is 22.7 Å². The molecule has 32 heavy (non-hydrogen) atoms. The normalized spacial score (nSPS) is 11.3. The van der Waals surface area contributed by atoms with Crippen molar-refractivity contribution < 1.29 is 9.53 Å². The van der Waals surface area contributed by atoms with Crippen molar-refractivity contribution in [2.75, 3.05) is 0 Å². The molecule has 6 nitrogen and oxygen atoms in total. The van der Waals surface area contributed by atoms with Crippen LogP contribution in [-0.2, 0) is 22.7 Å². The summed E-state index contributed by atoms with van der Waals surface area (Å²) in [6, 6.07) is 15.9. The molecule has 3 heterocycles. The molecule has 0 unspecified atom stereocenters. The lowest BCUT2D eigenvalue weighted by atomic mass is 10.1. The molecule has 0 bridgehead atoms. The van der Waals surface area contributed by atoms with Crippen LogP contribution in [0.1, 0.15) is 17.0 Å². The highest BCUT2D eigenvalue weighted by molar-refractivity contribution is 7.18. The Balaban J connectivity index is 1.29. The Labute approximate surface area is 191 Å². The Bertz CT molecular complexity index is 1450. The number of benzene rings is 2. The fraction of sp³-hybridized carbons (Fsp3) is 0.167. The maximum absolute atomic E-state index is 13.1. The van der Waals surface area contributed by atoms with E-state index in [1.54, 1.807) is 0 Å². The van der Waals surface area contributed by atoms with Gasteiger partial charge >= 0.3 is 5.97 Å². The molecule has 0 saturated carbocycles. The Morgan fingerprint density at radius 1 is 1.12 bits per heavy atom. The third-order valence-corrected chi connectivity index (χ3v) is 7.07. The lowest BCUT2D eigenvalue weighted by Crippen LogP contribution is -2.22. The van der Waals surface area contributed by atoms with Crippen molar-refractivity contribution in [3.63, 3.8) is 0 Å². The number of aryl methyl sites for hydroxylation is 2. The van der Waals surface area contributed by atoms with E-state index >= 15 is 0 Å². The summed E-state index contributed by atoms with van der Waals surface area (Å²) in [5.74, 6) is -0.375. The topological polar surface area (TPSA) is 74.1 Å². The summed E-state index contributed by atoms with van der Waals surface area (Å²) in [6.45, 7) is 2.37. The van der Waals surface area contributed by atoms with E-state index in [4.69, 9.17) is 4.74 Å². The van der Waals surface area contributed by atoms with Crippen molar-refractivity contribution >= 4 is 49.1 Å². The molecular weight excluding hydrogens is 442 g/mol. The maximum Gasteiger partial charge on any atom is 0.308 e. The van der Waals surface area contributed by atoms with Gasteiger partial charge in [-0.05, 0) is 24.6 Å². The van der Waals surface area contributed by atoms with E-state index in [-0.39, 0.29) is 31.1 Å².